The number of hydrogen-bond donors (Lipinski definition) is 0. The van der Waals surface area contributed by atoms with Gasteiger partial charge in [-0.05, 0) is 18.8 Å². The van der Waals surface area contributed by atoms with Crippen molar-refractivity contribution in [2.75, 3.05) is 14.2 Å². The predicted molar refractivity (Wildman–Crippen MR) is 80.7 cm³/mol. The van der Waals surface area contributed by atoms with Crippen LogP contribution in [0.3, 0.4) is 0 Å². The summed E-state index contributed by atoms with van der Waals surface area (Å²) in [7, 11) is 2.97. The van der Waals surface area contributed by atoms with Crippen molar-refractivity contribution < 1.29 is 19.1 Å². The van der Waals surface area contributed by atoms with Gasteiger partial charge in [0, 0.05) is 30.5 Å². The molecule has 0 aromatic carbocycles. The molecule has 1 fully saturated rings. The number of ether oxygens (including phenoxy) is 2. The summed E-state index contributed by atoms with van der Waals surface area (Å²) in [6, 6.07) is 0. The summed E-state index contributed by atoms with van der Waals surface area (Å²) in [6.45, 7) is 5.69. The Labute approximate surface area is 128 Å². The number of carbonyl (C=O) groups is 2. The first-order valence-corrected chi connectivity index (χ1v) is 7.93. The van der Waals surface area contributed by atoms with Gasteiger partial charge in [0.15, 0.2) is 11.6 Å². The molecule has 4 rings (SSSR count). The molecule has 2 bridgehead atoms. The molecule has 1 heterocycles. The molecule has 5 heteroatoms. The lowest BCUT2D eigenvalue weighted by Gasteiger charge is -2.56. The number of ketones is 2. The van der Waals surface area contributed by atoms with Gasteiger partial charge in [0.2, 0.25) is 5.79 Å². The third-order valence-electron chi connectivity index (χ3n) is 5.14. The fourth-order valence-electron chi connectivity index (χ4n) is 4.21. The first kappa shape index (κ1) is 15.0. The van der Waals surface area contributed by atoms with Crippen molar-refractivity contribution in [1.82, 2.24) is 0 Å². The Balaban J connectivity index is 2.23. The van der Waals surface area contributed by atoms with Crippen LogP contribution < -0.4 is 0 Å². The Morgan fingerprint density at radius 3 is 2.48 bits per heavy atom. The minimum atomic E-state index is -1.34. The number of methoxy groups -OCH3 is 2. The second kappa shape index (κ2) is 4.54. The van der Waals surface area contributed by atoms with Crippen molar-refractivity contribution in [3.63, 3.8) is 0 Å². The molecule has 0 aromatic heterocycles. The van der Waals surface area contributed by atoms with E-state index in [0.29, 0.717) is 5.57 Å². The fraction of sp³-hybridized carbons (Fsp3) is 0.625. The Hall–Kier alpha value is -0.910. The van der Waals surface area contributed by atoms with Gasteiger partial charge in [0.1, 0.15) is 0 Å². The summed E-state index contributed by atoms with van der Waals surface area (Å²) < 4.78 is 11.1. The quantitative estimate of drug-likeness (QED) is 0.749. The van der Waals surface area contributed by atoms with E-state index in [1.165, 1.54) is 19.1 Å². The molecule has 0 spiro atoms. The average Bonchev–Trinajstić information content (AvgIpc) is 2.75. The highest BCUT2D eigenvalue weighted by Crippen LogP contribution is 2.64. The second-order valence-corrected chi connectivity index (χ2v) is 7.62. The van der Waals surface area contributed by atoms with Gasteiger partial charge in [-0.15, -0.1) is 11.8 Å². The normalized spacial score (nSPS) is 39.9. The maximum atomic E-state index is 12.9. The van der Waals surface area contributed by atoms with Crippen LogP contribution in [0.4, 0.5) is 0 Å². The van der Waals surface area contributed by atoms with Crippen LogP contribution >= 0.6 is 11.8 Å². The minimum Gasteiger partial charge on any atom is -0.346 e. The van der Waals surface area contributed by atoms with Crippen molar-refractivity contribution in [2.45, 2.75) is 31.8 Å². The van der Waals surface area contributed by atoms with Gasteiger partial charge < -0.3 is 9.47 Å². The van der Waals surface area contributed by atoms with E-state index in [1.54, 1.807) is 18.7 Å². The van der Waals surface area contributed by atoms with Crippen LogP contribution in [0, 0.1) is 17.3 Å². The third kappa shape index (κ3) is 1.65. The van der Waals surface area contributed by atoms with Crippen LogP contribution in [0.25, 0.3) is 0 Å². The molecule has 0 aromatic rings. The monoisotopic (exact) mass is 308 g/mol. The summed E-state index contributed by atoms with van der Waals surface area (Å²) in [5, 5.41) is 0.0870. The number of hydrogen-bond acceptors (Lipinski definition) is 5. The summed E-state index contributed by atoms with van der Waals surface area (Å²) in [6.07, 6.45) is 4.01. The topological polar surface area (TPSA) is 52.6 Å². The van der Waals surface area contributed by atoms with E-state index >= 15 is 0 Å². The molecule has 0 amide bonds. The highest BCUT2D eigenvalue weighted by Gasteiger charge is 2.69. The van der Waals surface area contributed by atoms with Gasteiger partial charge in [-0.1, -0.05) is 19.1 Å². The smallest absolute Gasteiger partial charge is 0.237 e. The second-order valence-electron chi connectivity index (χ2n) is 6.23. The van der Waals surface area contributed by atoms with Crippen LogP contribution in [-0.4, -0.2) is 36.8 Å². The SMILES string of the molecule is COC1(OC)C(=O)C2C=C(C(C)=O)C1C1SC(C)=CC21C. The number of Topliss-reactive ketones (excluding diaryl/α,β-unsaturated/α-hetero) is 2. The van der Waals surface area contributed by atoms with E-state index in [4.69, 9.17) is 9.47 Å². The van der Waals surface area contributed by atoms with Gasteiger partial charge >= 0.3 is 0 Å². The van der Waals surface area contributed by atoms with Gasteiger partial charge in [0.25, 0.3) is 0 Å². The van der Waals surface area contributed by atoms with Crippen LogP contribution in [-0.2, 0) is 19.1 Å². The fourth-order valence-corrected chi connectivity index (χ4v) is 5.86. The Bertz CT molecular complexity index is 587. The highest BCUT2D eigenvalue weighted by atomic mass is 32.2. The number of thioether (sulfide) groups is 1. The number of allylic oxidation sites excluding steroid dienone is 3. The first-order chi connectivity index (χ1) is 9.81. The van der Waals surface area contributed by atoms with E-state index in [-0.39, 0.29) is 34.1 Å². The lowest BCUT2D eigenvalue weighted by Crippen LogP contribution is -2.68. The molecule has 4 atom stereocenters. The maximum Gasteiger partial charge on any atom is 0.237 e. The van der Waals surface area contributed by atoms with Gasteiger partial charge in [-0.2, -0.15) is 0 Å². The Kier molecular flexibility index (Phi) is 3.24. The van der Waals surface area contributed by atoms with Crippen LogP contribution in [0.15, 0.2) is 22.6 Å². The number of carbonyl (C=O) groups excluding carboxylic acids is 2. The summed E-state index contributed by atoms with van der Waals surface area (Å²) >= 11 is 1.72. The van der Waals surface area contributed by atoms with E-state index in [2.05, 4.69) is 13.0 Å². The van der Waals surface area contributed by atoms with Crippen LogP contribution in [0.5, 0.6) is 0 Å². The molecule has 4 unspecified atom stereocenters. The summed E-state index contributed by atoms with van der Waals surface area (Å²) in [4.78, 5) is 26.2. The van der Waals surface area contributed by atoms with E-state index in [0.717, 1.165) is 0 Å². The van der Waals surface area contributed by atoms with Crippen LogP contribution in [0.1, 0.15) is 20.8 Å². The van der Waals surface area contributed by atoms with Gasteiger partial charge in [-0.25, -0.2) is 0 Å². The van der Waals surface area contributed by atoms with Gasteiger partial charge in [-0.3, -0.25) is 9.59 Å². The molecular weight excluding hydrogens is 288 g/mol. The predicted octanol–water partition coefficient (Wildman–Crippen LogP) is 2.35. The molecule has 114 valence electrons. The molecule has 1 saturated carbocycles. The van der Waals surface area contributed by atoms with Crippen molar-refractivity contribution in [2.24, 2.45) is 17.3 Å². The van der Waals surface area contributed by atoms with Crippen LogP contribution in [0.2, 0.25) is 0 Å². The Morgan fingerprint density at radius 1 is 1.33 bits per heavy atom. The lowest BCUT2D eigenvalue weighted by atomic mass is 9.54. The van der Waals surface area contributed by atoms with Crippen molar-refractivity contribution in [1.29, 1.82) is 0 Å². The maximum absolute atomic E-state index is 12.9. The molecule has 1 aliphatic heterocycles. The lowest BCUT2D eigenvalue weighted by molar-refractivity contribution is -0.243. The van der Waals surface area contributed by atoms with Crippen molar-refractivity contribution >= 4 is 23.3 Å². The van der Waals surface area contributed by atoms with E-state index in [9.17, 15) is 9.59 Å². The molecule has 4 aliphatic rings. The largest absolute Gasteiger partial charge is 0.346 e. The third-order valence-corrected chi connectivity index (χ3v) is 6.67. The zero-order valence-electron chi connectivity index (χ0n) is 12.9. The molecule has 0 N–H and O–H groups in total. The number of rotatable bonds is 3. The molecule has 0 saturated heterocycles. The molecule has 4 nitrogen and oxygen atoms in total. The summed E-state index contributed by atoms with van der Waals surface area (Å²) in [5.41, 5.74) is 0.400. The number of fused-ring (bicyclic) bond motifs is 1. The minimum absolute atomic E-state index is 0.0109. The van der Waals surface area contributed by atoms with E-state index < -0.39 is 5.79 Å². The highest BCUT2D eigenvalue weighted by molar-refractivity contribution is 8.04. The molecule has 3 aliphatic carbocycles. The zero-order valence-corrected chi connectivity index (χ0v) is 13.7. The average molecular weight is 308 g/mol. The Morgan fingerprint density at radius 2 is 1.95 bits per heavy atom. The standard InChI is InChI=1S/C16H20O4S/c1-8-7-15(3)11-6-10(9(2)17)12(14(15)21-8)16(19-4,20-5)13(11)18/h6-7,11-12,14H,1-5H3. The molecule has 0 radical (unpaired) electrons. The van der Waals surface area contributed by atoms with Gasteiger partial charge in [0.05, 0.1) is 11.8 Å². The van der Waals surface area contributed by atoms with Crippen molar-refractivity contribution in [3.05, 3.63) is 22.6 Å². The van der Waals surface area contributed by atoms with Crippen molar-refractivity contribution in [3.8, 4) is 0 Å². The molecule has 21 heavy (non-hydrogen) atoms. The van der Waals surface area contributed by atoms with E-state index in [1.807, 2.05) is 13.0 Å². The zero-order chi connectivity index (χ0) is 15.6. The summed E-state index contributed by atoms with van der Waals surface area (Å²) in [5.74, 6) is -2.17. The first-order valence-electron chi connectivity index (χ1n) is 7.05. The molecular formula is C16H20O4S.